The summed E-state index contributed by atoms with van der Waals surface area (Å²) in [5.41, 5.74) is 0.259. The number of nitrogens with one attached hydrogen (secondary N) is 2. The zero-order chi connectivity index (χ0) is 13.0. The first-order chi connectivity index (χ1) is 8.70. The van der Waals surface area contributed by atoms with E-state index in [1.807, 2.05) is 0 Å². The average Bonchev–Trinajstić information content (AvgIpc) is 2.40. The first-order valence-corrected chi connectivity index (χ1v) is 5.53. The Morgan fingerprint density at radius 3 is 2.95 bits per heavy atom. The molecule has 1 aliphatic heterocycles. The van der Waals surface area contributed by atoms with Crippen LogP contribution >= 0.6 is 12.4 Å². The number of carbonyl (C=O) groups is 1. The summed E-state index contributed by atoms with van der Waals surface area (Å²) in [5, 5.41) is 14.2. The average molecular weight is 286 g/mol. The normalized spacial score (nSPS) is 18.0. The van der Waals surface area contributed by atoms with Gasteiger partial charge in [0.15, 0.2) is 0 Å². The number of benzene rings is 1. The first-order valence-electron chi connectivity index (χ1n) is 5.53. The number of amides is 1. The molecule has 0 aromatic heterocycles. The molecule has 1 unspecified atom stereocenters. The molecule has 1 aromatic carbocycles. The number of morpholine rings is 1. The number of hydrogen-bond donors (Lipinski definition) is 2. The Balaban J connectivity index is 0.00000180. The number of ether oxygens (including phenoxy) is 1. The Morgan fingerprint density at radius 1 is 1.58 bits per heavy atom. The SMILES string of the molecule is Cl.N#Cc1ccc(NC(=O)C2CNCCO2)cc1F. The van der Waals surface area contributed by atoms with E-state index in [-0.39, 0.29) is 23.9 Å². The quantitative estimate of drug-likeness (QED) is 0.852. The van der Waals surface area contributed by atoms with E-state index in [9.17, 15) is 9.18 Å². The van der Waals surface area contributed by atoms with Crippen LogP contribution in [-0.4, -0.2) is 31.7 Å². The van der Waals surface area contributed by atoms with Crippen molar-refractivity contribution in [2.45, 2.75) is 6.10 Å². The fraction of sp³-hybridized carbons (Fsp3) is 0.333. The molecule has 1 heterocycles. The zero-order valence-corrected chi connectivity index (χ0v) is 10.8. The molecule has 1 atom stereocenters. The van der Waals surface area contributed by atoms with Crippen LogP contribution in [0.5, 0.6) is 0 Å². The summed E-state index contributed by atoms with van der Waals surface area (Å²) < 4.78 is 18.6. The molecule has 7 heteroatoms. The van der Waals surface area contributed by atoms with Crippen molar-refractivity contribution < 1.29 is 13.9 Å². The summed E-state index contributed by atoms with van der Waals surface area (Å²) in [7, 11) is 0. The van der Waals surface area contributed by atoms with Gasteiger partial charge >= 0.3 is 0 Å². The standard InChI is InChI=1S/C12H12FN3O2.ClH/c13-10-5-9(2-1-8(10)6-14)16-12(17)11-7-15-3-4-18-11;/h1-2,5,11,15H,3-4,7H2,(H,16,17);1H. The minimum atomic E-state index is -0.655. The molecule has 0 bridgehead atoms. The molecule has 1 saturated heterocycles. The summed E-state index contributed by atoms with van der Waals surface area (Å²) in [6.07, 6.45) is -0.572. The van der Waals surface area contributed by atoms with Gasteiger partial charge in [0.1, 0.15) is 18.0 Å². The highest BCUT2D eigenvalue weighted by Gasteiger charge is 2.21. The van der Waals surface area contributed by atoms with Crippen molar-refractivity contribution in [1.82, 2.24) is 5.32 Å². The van der Waals surface area contributed by atoms with Gasteiger partial charge in [-0.05, 0) is 18.2 Å². The van der Waals surface area contributed by atoms with Crippen LogP contribution in [0.3, 0.4) is 0 Å². The third-order valence-electron chi connectivity index (χ3n) is 2.58. The van der Waals surface area contributed by atoms with Crippen LogP contribution < -0.4 is 10.6 Å². The Kier molecular flexibility index (Phi) is 5.70. The topological polar surface area (TPSA) is 74.2 Å². The number of hydrogen-bond acceptors (Lipinski definition) is 4. The van der Waals surface area contributed by atoms with Crippen molar-refractivity contribution >= 4 is 24.0 Å². The molecule has 0 saturated carbocycles. The Bertz CT molecular complexity index is 498. The van der Waals surface area contributed by atoms with Gasteiger partial charge in [-0.1, -0.05) is 0 Å². The highest BCUT2D eigenvalue weighted by Crippen LogP contribution is 2.14. The maximum atomic E-state index is 13.3. The van der Waals surface area contributed by atoms with Gasteiger partial charge in [-0.2, -0.15) is 5.26 Å². The van der Waals surface area contributed by atoms with Crippen LogP contribution in [0.4, 0.5) is 10.1 Å². The van der Waals surface area contributed by atoms with Crippen LogP contribution in [0.1, 0.15) is 5.56 Å². The molecule has 5 nitrogen and oxygen atoms in total. The number of halogens is 2. The van der Waals surface area contributed by atoms with E-state index in [2.05, 4.69) is 10.6 Å². The van der Waals surface area contributed by atoms with E-state index in [4.69, 9.17) is 10.00 Å². The van der Waals surface area contributed by atoms with Gasteiger partial charge < -0.3 is 15.4 Å². The van der Waals surface area contributed by atoms with Crippen LogP contribution in [0.25, 0.3) is 0 Å². The van der Waals surface area contributed by atoms with E-state index in [0.29, 0.717) is 18.8 Å². The molecule has 1 aliphatic rings. The summed E-state index contributed by atoms with van der Waals surface area (Å²) >= 11 is 0. The van der Waals surface area contributed by atoms with Gasteiger partial charge in [-0.25, -0.2) is 4.39 Å². The third kappa shape index (κ3) is 3.89. The number of anilines is 1. The van der Waals surface area contributed by atoms with E-state index >= 15 is 0 Å². The summed E-state index contributed by atoms with van der Waals surface area (Å²) in [4.78, 5) is 11.8. The predicted molar refractivity (Wildman–Crippen MR) is 69.6 cm³/mol. The number of nitriles is 1. The third-order valence-corrected chi connectivity index (χ3v) is 2.58. The molecule has 0 aliphatic carbocycles. The van der Waals surface area contributed by atoms with Crippen molar-refractivity contribution in [1.29, 1.82) is 5.26 Å². The van der Waals surface area contributed by atoms with Crippen molar-refractivity contribution in [2.75, 3.05) is 25.0 Å². The van der Waals surface area contributed by atoms with Gasteiger partial charge in [-0.15, -0.1) is 12.4 Å². The van der Waals surface area contributed by atoms with Crippen LogP contribution in [0.15, 0.2) is 18.2 Å². The van der Waals surface area contributed by atoms with Crippen LogP contribution in [-0.2, 0) is 9.53 Å². The Morgan fingerprint density at radius 2 is 2.37 bits per heavy atom. The summed E-state index contributed by atoms with van der Waals surface area (Å²) in [5.74, 6) is -0.982. The molecule has 0 radical (unpaired) electrons. The van der Waals surface area contributed by atoms with E-state index in [1.165, 1.54) is 12.1 Å². The minimum Gasteiger partial charge on any atom is -0.366 e. The minimum absolute atomic E-state index is 0. The molecular formula is C12H13ClFN3O2. The lowest BCUT2D eigenvalue weighted by Crippen LogP contribution is -2.45. The Hall–Kier alpha value is -1.68. The first kappa shape index (κ1) is 15.4. The molecular weight excluding hydrogens is 273 g/mol. The van der Waals surface area contributed by atoms with Crippen molar-refractivity contribution in [3.63, 3.8) is 0 Å². The molecule has 1 fully saturated rings. The summed E-state index contributed by atoms with van der Waals surface area (Å²) in [6, 6.07) is 5.64. The second-order valence-corrected chi connectivity index (χ2v) is 3.86. The fourth-order valence-electron chi connectivity index (χ4n) is 1.64. The van der Waals surface area contributed by atoms with E-state index < -0.39 is 11.9 Å². The highest BCUT2D eigenvalue weighted by molar-refractivity contribution is 5.94. The molecule has 1 aromatic rings. The fourth-order valence-corrected chi connectivity index (χ4v) is 1.64. The van der Waals surface area contributed by atoms with E-state index in [1.54, 1.807) is 6.07 Å². The maximum Gasteiger partial charge on any atom is 0.254 e. The lowest BCUT2D eigenvalue weighted by molar-refractivity contribution is -0.128. The van der Waals surface area contributed by atoms with Gasteiger partial charge in [0.05, 0.1) is 12.2 Å². The smallest absolute Gasteiger partial charge is 0.254 e. The van der Waals surface area contributed by atoms with Crippen molar-refractivity contribution in [3.8, 4) is 6.07 Å². The molecule has 1 amide bonds. The van der Waals surface area contributed by atoms with Gasteiger partial charge in [0.25, 0.3) is 5.91 Å². The lowest BCUT2D eigenvalue weighted by Gasteiger charge is -2.22. The lowest BCUT2D eigenvalue weighted by atomic mass is 10.2. The number of nitrogens with zero attached hydrogens (tertiary/aromatic N) is 1. The second-order valence-electron chi connectivity index (χ2n) is 3.86. The van der Waals surface area contributed by atoms with Crippen molar-refractivity contribution in [2.24, 2.45) is 0 Å². The Labute approximate surface area is 116 Å². The number of carbonyl (C=O) groups excluding carboxylic acids is 1. The van der Waals surface area contributed by atoms with Crippen molar-refractivity contribution in [3.05, 3.63) is 29.6 Å². The van der Waals surface area contributed by atoms with Crippen LogP contribution in [0, 0.1) is 17.1 Å². The summed E-state index contributed by atoms with van der Waals surface area (Å²) in [6.45, 7) is 1.62. The molecule has 2 rings (SSSR count). The predicted octanol–water partition coefficient (Wildman–Crippen LogP) is 1.05. The molecule has 0 spiro atoms. The molecule has 19 heavy (non-hydrogen) atoms. The van der Waals surface area contributed by atoms with Gasteiger partial charge in [-0.3, -0.25) is 4.79 Å². The van der Waals surface area contributed by atoms with Crippen LogP contribution in [0.2, 0.25) is 0 Å². The monoisotopic (exact) mass is 285 g/mol. The largest absolute Gasteiger partial charge is 0.366 e. The second kappa shape index (κ2) is 7.04. The van der Waals surface area contributed by atoms with Gasteiger partial charge in [0, 0.05) is 18.8 Å². The number of rotatable bonds is 2. The molecule has 2 N–H and O–H groups in total. The maximum absolute atomic E-state index is 13.3. The van der Waals surface area contributed by atoms with E-state index in [0.717, 1.165) is 12.6 Å². The molecule has 102 valence electrons. The van der Waals surface area contributed by atoms with Gasteiger partial charge in [0.2, 0.25) is 0 Å². The highest BCUT2D eigenvalue weighted by atomic mass is 35.5. The zero-order valence-electron chi connectivity index (χ0n) is 9.98.